The Kier molecular flexibility index (Phi) is 3.10. The first kappa shape index (κ1) is 10.4. The monoisotopic (exact) mass is 199 g/mol. The maximum Gasteiger partial charge on any atom is 0.114 e. The minimum absolute atomic E-state index is 0.312. The smallest absolute Gasteiger partial charge is 0.114 e. The van der Waals surface area contributed by atoms with Gasteiger partial charge in [-0.25, -0.2) is 4.39 Å². The number of piperidine rings is 1. The van der Waals surface area contributed by atoms with Crippen LogP contribution in [0.4, 0.5) is 4.39 Å². The van der Waals surface area contributed by atoms with Gasteiger partial charge in [0.15, 0.2) is 0 Å². The van der Waals surface area contributed by atoms with Crippen LogP contribution < -0.4 is 5.32 Å². The zero-order chi connectivity index (χ0) is 10.0. The molecule has 1 heterocycles. The second kappa shape index (κ2) is 4.18. The van der Waals surface area contributed by atoms with Gasteiger partial charge in [-0.2, -0.15) is 0 Å². The van der Waals surface area contributed by atoms with Crippen molar-refractivity contribution in [2.45, 2.75) is 51.1 Å². The molecular formula is C12H22FN. The zero-order valence-electron chi connectivity index (χ0n) is 9.19. The van der Waals surface area contributed by atoms with Gasteiger partial charge in [-0.3, -0.25) is 0 Å². The molecule has 2 heteroatoms. The zero-order valence-corrected chi connectivity index (χ0v) is 9.19. The Bertz CT molecular complexity index is 179. The molecule has 1 saturated carbocycles. The Hall–Kier alpha value is -0.110. The lowest BCUT2D eigenvalue weighted by molar-refractivity contribution is 0.0204. The third-order valence-electron chi connectivity index (χ3n) is 4.29. The molecule has 2 rings (SSSR count). The van der Waals surface area contributed by atoms with E-state index in [0.717, 1.165) is 38.8 Å². The van der Waals surface area contributed by atoms with Crippen molar-refractivity contribution in [2.24, 2.45) is 11.8 Å². The Balaban J connectivity index is 1.97. The van der Waals surface area contributed by atoms with E-state index in [1.54, 1.807) is 0 Å². The van der Waals surface area contributed by atoms with Crippen molar-refractivity contribution >= 4 is 0 Å². The van der Waals surface area contributed by atoms with Crippen LogP contribution in [-0.4, -0.2) is 18.8 Å². The summed E-state index contributed by atoms with van der Waals surface area (Å²) in [6.45, 7) is 3.88. The van der Waals surface area contributed by atoms with Gasteiger partial charge in [0, 0.05) is 0 Å². The van der Waals surface area contributed by atoms with E-state index in [4.69, 9.17) is 0 Å². The first-order valence-corrected chi connectivity index (χ1v) is 6.11. The molecule has 0 aromatic carbocycles. The second-order valence-electron chi connectivity index (χ2n) is 5.16. The summed E-state index contributed by atoms with van der Waals surface area (Å²) in [5, 5.41) is 3.31. The quantitative estimate of drug-likeness (QED) is 0.721. The fraction of sp³-hybridized carbons (Fsp3) is 1.00. The van der Waals surface area contributed by atoms with Crippen LogP contribution in [0, 0.1) is 11.8 Å². The van der Waals surface area contributed by atoms with Gasteiger partial charge in [0.05, 0.1) is 0 Å². The summed E-state index contributed by atoms with van der Waals surface area (Å²) < 4.78 is 14.7. The third kappa shape index (κ3) is 1.95. The largest absolute Gasteiger partial charge is 0.317 e. The molecule has 0 bridgehead atoms. The molecule has 0 radical (unpaired) electrons. The van der Waals surface area contributed by atoms with Crippen LogP contribution >= 0.6 is 0 Å². The highest BCUT2D eigenvalue weighted by Crippen LogP contribution is 2.43. The lowest BCUT2D eigenvalue weighted by Gasteiger charge is -2.38. The molecule has 2 fully saturated rings. The highest BCUT2D eigenvalue weighted by atomic mass is 19.1. The van der Waals surface area contributed by atoms with Crippen molar-refractivity contribution in [2.75, 3.05) is 13.1 Å². The summed E-state index contributed by atoms with van der Waals surface area (Å²) in [6.07, 6.45) is 6.80. The molecule has 0 aromatic heterocycles. The summed E-state index contributed by atoms with van der Waals surface area (Å²) in [5.74, 6) is 0.664. The van der Waals surface area contributed by atoms with Gasteiger partial charge in [0.1, 0.15) is 5.67 Å². The minimum atomic E-state index is -0.890. The molecule has 1 aliphatic heterocycles. The summed E-state index contributed by atoms with van der Waals surface area (Å²) in [7, 11) is 0. The number of hydrogen-bond acceptors (Lipinski definition) is 1. The molecule has 14 heavy (non-hydrogen) atoms. The Morgan fingerprint density at radius 2 is 1.50 bits per heavy atom. The van der Waals surface area contributed by atoms with Crippen molar-refractivity contribution in [3.8, 4) is 0 Å². The van der Waals surface area contributed by atoms with Crippen LogP contribution in [0.2, 0.25) is 0 Å². The molecule has 1 nitrogen and oxygen atoms in total. The van der Waals surface area contributed by atoms with Gasteiger partial charge >= 0.3 is 0 Å². The van der Waals surface area contributed by atoms with Gasteiger partial charge in [-0.15, -0.1) is 0 Å². The van der Waals surface area contributed by atoms with E-state index in [2.05, 4.69) is 5.32 Å². The van der Waals surface area contributed by atoms with Gasteiger partial charge in [-0.1, -0.05) is 12.8 Å². The normalized spacial score (nSPS) is 30.4. The third-order valence-corrected chi connectivity index (χ3v) is 4.29. The van der Waals surface area contributed by atoms with E-state index >= 15 is 0 Å². The van der Waals surface area contributed by atoms with Crippen LogP contribution in [0.15, 0.2) is 0 Å². The Morgan fingerprint density at radius 3 is 2.07 bits per heavy atom. The lowest BCUT2D eigenvalue weighted by atomic mass is 9.75. The molecular weight excluding hydrogens is 177 g/mol. The molecule has 1 unspecified atom stereocenters. The average Bonchev–Trinajstić information content (AvgIpc) is 2.72. The molecule has 1 saturated heterocycles. The van der Waals surface area contributed by atoms with E-state index in [-0.39, 0.29) is 0 Å². The Labute approximate surface area is 86.5 Å². The standard InChI is InChI=1S/C12H22FN/c1-12(13,10-4-2-3-5-10)11-6-8-14-9-7-11/h10-11,14H,2-9H2,1H3. The molecule has 82 valence electrons. The number of halogens is 1. The van der Waals surface area contributed by atoms with E-state index in [1.807, 2.05) is 6.92 Å². The molecule has 2 aliphatic rings. The molecule has 0 amide bonds. The van der Waals surface area contributed by atoms with E-state index in [1.165, 1.54) is 12.8 Å². The maximum atomic E-state index is 14.7. The van der Waals surface area contributed by atoms with Crippen LogP contribution in [0.25, 0.3) is 0 Å². The Morgan fingerprint density at radius 1 is 1.00 bits per heavy atom. The first-order valence-electron chi connectivity index (χ1n) is 6.11. The number of rotatable bonds is 2. The molecule has 1 N–H and O–H groups in total. The number of hydrogen-bond donors (Lipinski definition) is 1. The van der Waals surface area contributed by atoms with Gasteiger partial charge < -0.3 is 5.32 Å². The number of nitrogens with one attached hydrogen (secondary N) is 1. The van der Waals surface area contributed by atoms with Crippen LogP contribution in [0.5, 0.6) is 0 Å². The van der Waals surface area contributed by atoms with Crippen molar-refractivity contribution in [3.05, 3.63) is 0 Å². The summed E-state index contributed by atoms with van der Waals surface area (Å²) >= 11 is 0. The van der Waals surface area contributed by atoms with E-state index in [9.17, 15) is 4.39 Å². The van der Waals surface area contributed by atoms with Crippen LogP contribution in [0.3, 0.4) is 0 Å². The van der Waals surface area contributed by atoms with Crippen LogP contribution in [0.1, 0.15) is 45.4 Å². The topological polar surface area (TPSA) is 12.0 Å². The fourth-order valence-electron chi connectivity index (χ4n) is 3.21. The maximum absolute atomic E-state index is 14.7. The van der Waals surface area contributed by atoms with Gasteiger partial charge in [0.25, 0.3) is 0 Å². The van der Waals surface area contributed by atoms with Crippen molar-refractivity contribution in [3.63, 3.8) is 0 Å². The van der Waals surface area contributed by atoms with E-state index < -0.39 is 5.67 Å². The average molecular weight is 199 g/mol. The SMILES string of the molecule is CC(F)(C1CCCC1)C1CCNCC1. The first-order chi connectivity index (χ1) is 6.71. The van der Waals surface area contributed by atoms with Gasteiger partial charge in [-0.05, 0) is 57.5 Å². The molecule has 1 atom stereocenters. The van der Waals surface area contributed by atoms with Crippen molar-refractivity contribution < 1.29 is 4.39 Å². The second-order valence-corrected chi connectivity index (χ2v) is 5.16. The van der Waals surface area contributed by atoms with Crippen LogP contribution in [-0.2, 0) is 0 Å². The molecule has 1 aliphatic carbocycles. The minimum Gasteiger partial charge on any atom is -0.317 e. The van der Waals surface area contributed by atoms with Crippen molar-refractivity contribution in [1.29, 1.82) is 0 Å². The number of alkyl halides is 1. The summed E-state index contributed by atoms with van der Waals surface area (Å²) in [5.41, 5.74) is -0.890. The predicted molar refractivity (Wildman–Crippen MR) is 57.1 cm³/mol. The highest BCUT2D eigenvalue weighted by molar-refractivity contribution is 4.93. The molecule has 0 spiro atoms. The predicted octanol–water partition coefficient (Wildman–Crippen LogP) is 2.90. The summed E-state index contributed by atoms with van der Waals surface area (Å²) in [6, 6.07) is 0. The van der Waals surface area contributed by atoms with Crippen molar-refractivity contribution in [1.82, 2.24) is 5.32 Å². The lowest BCUT2D eigenvalue weighted by Crippen LogP contribution is -2.42. The summed E-state index contributed by atoms with van der Waals surface area (Å²) in [4.78, 5) is 0. The fourth-order valence-corrected chi connectivity index (χ4v) is 3.21. The highest BCUT2D eigenvalue weighted by Gasteiger charge is 2.42. The van der Waals surface area contributed by atoms with Gasteiger partial charge in [0.2, 0.25) is 0 Å². The van der Waals surface area contributed by atoms with E-state index in [0.29, 0.717) is 11.8 Å². The molecule has 0 aromatic rings.